The Bertz CT molecular complexity index is 3190. The van der Waals surface area contributed by atoms with Crippen LogP contribution in [0.15, 0.2) is 186 Å². The summed E-state index contributed by atoms with van der Waals surface area (Å²) in [6.45, 7) is 0. The van der Waals surface area contributed by atoms with E-state index in [1.165, 1.54) is 0 Å². The zero-order chi connectivity index (χ0) is 35.6. The van der Waals surface area contributed by atoms with Crippen molar-refractivity contribution in [1.29, 1.82) is 0 Å². The molecule has 0 amide bonds. The number of rotatable bonds is 5. The number of aromatic nitrogens is 4. The monoisotopic (exact) mass is 690 g/mol. The molecule has 0 fully saturated rings. The minimum absolute atomic E-state index is 0.715. The van der Waals surface area contributed by atoms with Crippen LogP contribution in [0.5, 0.6) is 0 Å². The maximum absolute atomic E-state index is 6.68. The third-order valence-electron chi connectivity index (χ3n) is 10.4. The summed E-state index contributed by atoms with van der Waals surface area (Å²) in [5.41, 5.74) is 12.5. The topological polar surface area (TPSA) is 56.7 Å². The van der Waals surface area contributed by atoms with Crippen LogP contribution in [0.3, 0.4) is 0 Å². The van der Waals surface area contributed by atoms with Gasteiger partial charge < -0.3 is 4.42 Å². The van der Waals surface area contributed by atoms with Crippen LogP contribution in [0.2, 0.25) is 0 Å². The van der Waals surface area contributed by atoms with Crippen LogP contribution >= 0.6 is 0 Å². The summed E-state index contributed by atoms with van der Waals surface area (Å²) in [6.07, 6.45) is 0. The number of pyridine rings is 1. The van der Waals surface area contributed by atoms with Gasteiger partial charge in [-0.15, -0.1) is 0 Å². The van der Waals surface area contributed by atoms with Crippen LogP contribution < -0.4 is 0 Å². The van der Waals surface area contributed by atoms with E-state index in [1.807, 2.05) is 42.5 Å². The summed E-state index contributed by atoms with van der Waals surface area (Å²) in [6, 6.07) is 63.0. The van der Waals surface area contributed by atoms with Crippen LogP contribution in [0, 0.1) is 0 Å². The maximum Gasteiger partial charge on any atom is 0.162 e. The first-order valence-electron chi connectivity index (χ1n) is 18.1. The quantitative estimate of drug-likeness (QED) is 0.180. The number of nitrogens with zero attached hydrogens (tertiary/aromatic N) is 4. The van der Waals surface area contributed by atoms with Crippen LogP contribution in [0.4, 0.5) is 0 Å². The first-order chi connectivity index (χ1) is 26.8. The molecule has 0 radical (unpaired) electrons. The lowest BCUT2D eigenvalue weighted by molar-refractivity contribution is 0.668. The molecule has 54 heavy (non-hydrogen) atoms. The second-order valence-electron chi connectivity index (χ2n) is 13.6. The standard InChI is InChI=1S/C49H30N4O/c1-4-14-32(15-5-1)45-39-30-35(28-29-40(39)50-48(51-45)34-16-6-2-7-17-34)31-24-26-33(27-25-31)46-47-43(38-21-11-13-23-42(38)54-47)44-37-20-10-12-22-41(37)53(49(44)52-46)36-18-8-3-9-19-36/h1-30H. The van der Waals surface area contributed by atoms with Gasteiger partial charge in [0.05, 0.1) is 16.7 Å². The third-order valence-corrected chi connectivity index (χ3v) is 10.4. The fourth-order valence-corrected chi connectivity index (χ4v) is 7.89. The Kier molecular flexibility index (Phi) is 6.79. The molecule has 0 bridgehead atoms. The van der Waals surface area contributed by atoms with Gasteiger partial charge >= 0.3 is 0 Å². The zero-order valence-corrected chi connectivity index (χ0v) is 29.0. The fraction of sp³-hybridized carbons (Fsp3) is 0. The Morgan fingerprint density at radius 1 is 0.407 bits per heavy atom. The van der Waals surface area contributed by atoms with Crippen molar-refractivity contribution in [3.8, 4) is 50.7 Å². The van der Waals surface area contributed by atoms with Gasteiger partial charge in [0.1, 0.15) is 16.9 Å². The highest BCUT2D eigenvalue weighted by atomic mass is 16.3. The molecule has 0 saturated heterocycles. The highest BCUT2D eigenvalue weighted by molar-refractivity contribution is 6.28. The van der Waals surface area contributed by atoms with E-state index >= 15 is 0 Å². The average molecular weight is 691 g/mol. The van der Waals surface area contributed by atoms with Crippen molar-refractivity contribution in [2.75, 3.05) is 0 Å². The second-order valence-corrected chi connectivity index (χ2v) is 13.6. The lowest BCUT2D eigenvalue weighted by atomic mass is 9.98. The molecular weight excluding hydrogens is 661 g/mol. The molecule has 4 heterocycles. The van der Waals surface area contributed by atoms with Gasteiger partial charge in [-0.1, -0.05) is 146 Å². The molecule has 0 N–H and O–H groups in total. The first kappa shape index (κ1) is 30.3. The summed E-state index contributed by atoms with van der Waals surface area (Å²) in [5.74, 6) is 0.715. The third kappa shape index (κ3) is 4.76. The molecule has 0 aliphatic carbocycles. The van der Waals surface area contributed by atoms with E-state index in [-0.39, 0.29) is 0 Å². The molecule has 5 heteroatoms. The first-order valence-corrected chi connectivity index (χ1v) is 18.1. The predicted molar refractivity (Wildman–Crippen MR) is 221 cm³/mol. The van der Waals surface area contributed by atoms with Crippen molar-refractivity contribution in [3.63, 3.8) is 0 Å². The van der Waals surface area contributed by atoms with Gasteiger partial charge in [0.25, 0.3) is 0 Å². The van der Waals surface area contributed by atoms with Gasteiger partial charge in [0.2, 0.25) is 0 Å². The normalized spacial score (nSPS) is 11.7. The van der Waals surface area contributed by atoms with E-state index in [0.717, 1.165) is 99.7 Å². The molecule has 0 aliphatic heterocycles. The van der Waals surface area contributed by atoms with Gasteiger partial charge in [0.15, 0.2) is 11.4 Å². The molecule has 4 aromatic heterocycles. The minimum atomic E-state index is 0.715. The maximum atomic E-state index is 6.68. The zero-order valence-electron chi connectivity index (χ0n) is 29.0. The SMILES string of the molecule is c1ccc(-c2nc(-c3ccccc3)c3cc(-c4ccc(-c5nc6c(c7ccccc7n6-c6ccccc6)c6c5oc5ccccc56)cc4)ccc3n2)cc1. The summed E-state index contributed by atoms with van der Waals surface area (Å²) in [4.78, 5) is 15.6. The molecule has 0 aliphatic rings. The highest BCUT2D eigenvalue weighted by Gasteiger charge is 2.23. The Morgan fingerprint density at radius 3 is 1.80 bits per heavy atom. The number of para-hydroxylation sites is 3. The lowest BCUT2D eigenvalue weighted by Crippen LogP contribution is -1.96. The summed E-state index contributed by atoms with van der Waals surface area (Å²) >= 11 is 0. The van der Waals surface area contributed by atoms with E-state index in [0.29, 0.717) is 5.82 Å². The fourth-order valence-electron chi connectivity index (χ4n) is 7.89. The Morgan fingerprint density at radius 2 is 1.02 bits per heavy atom. The molecule has 0 saturated carbocycles. The van der Waals surface area contributed by atoms with E-state index < -0.39 is 0 Å². The lowest BCUT2D eigenvalue weighted by Gasteiger charge is -2.12. The van der Waals surface area contributed by atoms with Crippen molar-refractivity contribution in [1.82, 2.24) is 19.5 Å². The van der Waals surface area contributed by atoms with Crippen LogP contribution in [-0.2, 0) is 0 Å². The number of hydrogen-bond donors (Lipinski definition) is 0. The Labute approximate surface area is 310 Å². The average Bonchev–Trinajstić information content (AvgIpc) is 3.80. The second kappa shape index (κ2) is 12.1. The van der Waals surface area contributed by atoms with Crippen LogP contribution in [0.25, 0.3) is 105 Å². The molecule has 11 rings (SSSR count). The number of benzene rings is 7. The van der Waals surface area contributed by atoms with Gasteiger partial charge in [-0.2, -0.15) is 0 Å². The van der Waals surface area contributed by atoms with E-state index in [2.05, 4.69) is 144 Å². The van der Waals surface area contributed by atoms with Crippen molar-refractivity contribution in [2.45, 2.75) is 0 Å². The van der Waals surface area contributed by atoms with Crippen molar-refractivity contribution < 1.29 is 4.42 Å². The molecule has 0 unspecified atom stereocenters. The predicted octanol–water partition coefficient (Wildman–Crippen LogP) is 12.7. The highest BCUT2D eigenvalue weighted by Crippen LogP contribution is 2.44. The summed E-state index contributed by atoms with van der Waals surface area (Å²) in [5, 5.41) is 5.41. The Hall–Kier alpha value is -7.37. The van der Waals surface area contributed by atoms with Crippen molar-refractivity contribution >= 4 is 54.8 Å². The molecule has 0 atom stereocenters. The summed E-state index contributed by atoms with van der Waals surface area (Å²) in [7, 11) is 0. The molecule has 5 nitrogen and oxygen atoms in total. The van der Waals surface area contributed by atoms with Gasteiger partial charge in [-0.25, -0.2) is 15.0 Å². The van der Waals surface area contributed by atoms with E-state index in [1.54, 1.807) is 0 Å². The minimum Gasteiger partial charge on any atom is -0.454 e. The van der Waals surface area contributed by atoms with Crippen molar-refractivity contribution in [2.24, 2.45) is 0 Å². The number of fused-ring (bicyclic) bond motifs is 8. The molecular formula is C49H30N4O. The molecule has 7 aromatic carbocycles. The molecule has 0 spiro atoms. The largest absolute Gasteiger partial charge is 0.454 e. The van der Waals surface area contributed by atoms with E-state index in [9.17, 15) is 0 Å². The van der Waals surface area contributed by atoms with Crippen LogP contribution in [-0.4, -0.2) is 19.5 Å². The van der Waals surface area contributed by atoms with Crippen molar-refractivity contribution in [3.05, 3.63) is 182 Å². The van der Waals surface area contributed by atoms with Gasteiger partial charge in [-0.3, -0.25) is 4.57 Å². The molecule has 252 valence electrons. The number of hydrogen-bond acceptors (Lipinski definition) is 4. The number of furan rings is 1. The molecule has 11 aromatic rings. The van der Waals surface area contributed by atoms with E-state index in [4.69, 9.17) is 19.4 Å². The Balaban J connectivity index is 1.09. The van der Waals surface area contributed by atoms with Crippen LogP contribution in [0.1, 0.15) is 0 Å². The van der Waals surface area contributed by atoms with Gasteiger partial charge in [0, 0.05) is 49.3 Å². The van der Waals surface area contributed by atoms with Gasteiger partial charge in [-0.05, 0) is 47.5 Å². The smallest absolute Gasteiger partial charge is 0.162 e. The summed E-state index contributed by atoms with van der Waals surface area (Å²) < 4.78 is 8.96.